The highest BCUT2D eigenvalue weighted by atomic mass is 16.2. The number of nitrogens with zero attached hydrogens (tertiary/aromatic N) is 3. The van der Waals surface area contributed by atoms with Crippen molar-refractivity contribution in [2.45, 2.75) is 38.8 Å². The van der Waals surface area contributed by atoms with E-state index in [-0.39, 0.29) is 30.6 Å². The Morgan fingerprint density at radius 3 is 2.52 bits per heavy atom. The maximum Gasteiger partial charge on any atom is 0.350 e. The fourth-order valence-electron chi connectivity index (χ4n) is 2.88. The molecule has 0 saturated heterocycles. The van der Waals surface area contributed by atoms with Crippen LogP contribution in [0, 0.1) is 0 Å². The van der Waals surface area contributed by atoms with Gasteiger partial charge in [-0.25, -0.2) is 9.48 Å². The number of aryl methyl sites for hydroxylation is 1. The molecule has 0 aliphatic heterocycles. The summed E-state index contributed by atoms with van der Waals surface area (Å²) in [5.74, 6) is 0.311. The van der Waals surface area contributed by atoms with Crippen LogP contribution in [0.3, 0.4) is 0 Å². The molecule has 7 nitrogen and oxygen atoms in total. The molecule has 1 atom stereocenters. The molecule has 0 radical (unpaired) electrons. The summed E-state index contributed by atoms with van der Waals surface area (Å²) in [6.45, 7) is 4.86. The van der Waals surface area contributed by atoms with Crippen LogP contribution in [0.4, 0.5) is 0 Å². The largest absolute Gasteiger partial charge is 0.354 e. The number of pyridine rings is 1. The number of carbonyl (C=O) groups is 1. The molecule has 0 fully saturated rings. The van der Waals surface area contributed by atoms with Gasteiger partial charge < -0.3 is 11.1 Å². The van der Waals surface area contributed by atoms with E-state index in [2.05, 4.69) is 36.4 Å². The average molecular weight is 367 g/mol. The van der Waals surface area contributed by atoms with Crippen molar-refractivity contribution < 1.29 is 4.79 Å². The first-order valence-electron chi connectivity index (χ1n) is 9.12. The Kier molecular flexibility index (Phi) is 5.71. The third kappa shape index (κ3) is 4.43. The maximum atomic E-state index is 12.2. The molecule has 2 heterocycles. The number of amides is 1. The number of aromatic nitrogens is 3. The SMILES string of the molecule is CC(C)c1ccc(C(N)CNC(=O)CCn2nc3ccccn3c2=O)cc1. The van der Waals surface area contributed by atoms with Gasteiger partial charge in [-0.2, -0.15) is 0 Å². The van der Waals surface area contributed by atoms with Crippen molar-refractivity contribution in [3.63, 3.8) is 0 Å². The van der Waals surface area contributed by atoms with E-state index in [0.717, 1.165) is 5.56 Å². The monoisotopic (exact) mass is 367 g/mol. The molecule has 0 saturated carbocycles. The van der Waals surface area contributed by atoms with Crippen LogP contribution in [0.1, 0.15) is 43.4 Å². The average Bonchev–Trinajstić information content (AvgIpc) is 3.00. The van der Waals surface area contributed by atoms with Gasteiger partial charge in [0, 0.05) is 25.2 Å². The second-order valence-corrected chi connectivity index (χ2v) is 6.92. The van der Waals surface area contributed by atoms with Crippen molar-refractivity contribution in [3.8, 4) is 0 Å². The smallest absolute Gasteiger partial charge is 0.350 e. The molecule has 0 spiro atoms. The van der Waals surface area contributed by atoms with Crippen LogP contribution >= 0.6 is 0 Å². The van der Waals surface area contributed by atoms with Crippen molar-refractivity contribution in [1.29, 1.82) is 0 Å². The van der Waals surface area contributed by atoms with Crippen LogP contribution in [-0.4, -0.2) is 26.6 Å². The van der Waals surface area contributed by atoms with Gasteiger partial charge >= 0.3 is 5.69 Å². The molecule has 0 aliphatic carbocycles. The summed E-state index contributed by atoms with van der Waals surface area (Å²) in [4.78, 5) is 24.3. The van der Waals surface area contributed by atoms with Crippen LogP contribution in [0.5, 0.6) is 0 Å². The minimum atomic E-state index is -0.270. The lowest BCUT2D eigenvalue weighted by atomic mass is 9.99. The van der Waals surface area contributed by atoms with Crippen molar-refractivity contribution >= 4 is 11.6 Å². The first-order chi connectivity index (χ1) is 13.0. The van der Waals surface area contributed by atoms with E-state index in [1.165, 1.54) is 14.6 Å². The number of carbonyl (C=O) groups excluding carboxylic acids is 1. The van der Waals surface area contributed by atoms with Gasteiger partial charge in [-0.05, 0) is 29.2 Å². The molecule has 1 aromatic carbocycles. The molecular weight excluding hydrogens is 342 g/mol. The first kappa shape index (κ1) is 18.8. The Balaban J connectivity index is 1.51. The molecule has 142 valence electrons. The lowest BCUT2D eigenvalue weighted by Gasteiger charge is -2.14. The van der Waals surface area contributed by atoms with E-state index >= 15 is 0 Å². The molecule has 3 rings (SSSR count). The lowest BCUT2D eigenvalue weighted by Crippen LogP contribution is -2.33. The number of hydrogen-bond acceptors (Lipinski definition) is 4. The second kappa shape index (κ2) is 8.18. The molecule has 1 unspecified atom stereocenters. The number of nitrogens with two attached hydrogens (primary N) is 1. The van der Waals surface area contributed by atoms with E-state index in [0.29, 0.717) is 18.1 Å². The van der Waals surface area contributed by atoms with Gasteiger partial charge in [0.2, 0.25) is 5.91 Å². The normalized spacial score (nSPS) is 12.4. The molecular formula is C20H25N5O2. The predicted octanol–water partition coefficient (Wildman–Crippen LogP) is 1.83. The standard InChI is InChI=1S/C20H25N5O2/c1-14(2)15-6-8-16(9-7-15)17(21)13-22-19(26)10-12-25-20(27)24-11-4-3-5-18(24)23-25/h3-9,11,14,17H,10,12-13,21H2,1-2H3,(H,22,26). The van der Waals surface area contributed by atoms with E-state index in [9.17, 15) is 9.59 Å². The van der Waals surface area contributed by atoms with Crippen LogP contribution in [0.15, 0.2) is 53.5 Å². The highest BCUT2D eigenvalue weighted by Gasteiger charge is 2.11. The predicted molar refractivity (Wildman–Crippen MR) is 105 cm³/mol. The van der Waals surface area contributed by atoms with E-state index in [1.54, 1.807) is 18.3 Å². The highest BCUT2D eigenvalue weighted by molar-refractivity contribution is 5.75. The zero-order valence-electron chi connectivity index (χ0n) is 15.6. The van der Waals surface area contributed by atoms with Gasteiger partial charge in [-0.1, -0.05) is 44.2 Å². The molecule has 7 heteroatoms. The molecule has 3 N–H and O–H groups in total. The van der Waals surface area contributed by atoms with Crippen molar-refractivity contribution in [2.24, 2.45) is 5.73 Å². The molecule has 0 bridgehead atoms. The minimum absolute atomic E-state index is 0.159. The topological polar surface area (TPSA) is 94.4 Å². The van der Waals surface area contributed by atoms with Gasteiger partial charge in [0.25, 0.3) is 0 Å². The van der Waals surface area contributed by atoms with Gasteiger partial charge in [0.15, 0.2) is 5.65 Å². The van der Waals surface area contributed by atoms with Crippen LogP contribution in [-0.2, 0) is 11.3 Å². The van der Waals surface area contributed by atoms with E-state index in [1.807, 2.05) is 18.2 Å². The zero-order chi connectivity index (χ0) is 19.4. The summed E-state index contributed by atoms with van der Waals surface area (Å²) < 4.78 is 2.76. The molecule has 3 aromatic rings. The van der Waals surface area contributed by atoms with Gasteiger partial charge in [0.1, 0.15) is 0 Å². The number of hydrogen-bond donors (Lipinski definition) is 2. The second-order valence-electron chi connectivity index (χ2n) is 6.92. The molecule has 2 aromatic heterocycles. The third-order valence-corrected chi connectivity index (χ3v) is 4.59. The Morgan fingerprint density at radius 2 is 1.85 bits per heavy atom. The fourth-order valence-corrected chi connectivity index (χ4v) is 2.88. The summed E-state index contributed by atoms with van der Waals surface area (Å²) in [6, 6.07) is 13.2. The van der Waals surface area contributed by atoms with Crippen molar-refractivity contribution in [1.82, 2.24) is 19.5 Å². The summed E-state index contributed by atoms with van der Waals surface area (Å²) in [7, 11) is 0. The summed E-state index contributed by atoms with van der Waals surface area (Å²) >= 11 is 0. The van der Waals surface area contributed by atoms with Crippen molar-refractivity contribution in [2.75, 3.05) is 6.54 Å². The Bertz CT molecular complexity index is 972. The van der Waals surface area contributed by atoms with Crippen LogP contribution < -0.4 is 16.7 Å². The van der Waals surface area contributed by atoms with Gasteiger partial charge in [-0.15, -0.1) is 5.10 Å². The minimum Gasteiger partial charge on any atom is -0.354 e. The molecule has 0 aliphatic rings. The van der Waals surface area contributed by atoms with Crippen molar-refractivity contribution in [3.05, 3.63) is 70.3 Å². The van der Waals surface area contributed by atoms with Gasteiger partial charge in [0.05, 0.1) is 6.54 Å². The van der Waals surface area contributed by atoms with Gasteiger partial charge in [-0.3, -0.25) is 9.20 Å². The van der Waals surface area contributed by atoms with E-state index in [4.69, 9.17) is 5.73 Å². The number of nitrogens with one attached hydrogen (secondary N) is 1. The molecule has 27 heavy (non-hydrogen) atoms. The number of benzene rings is 1. The number of rotatable bonds is 7. The quantitative estimate of drug-likeness (QED) is 0.666. The lowest BCUT2D eigenvalue weighted by molar-refractivity contribution is -0.121. The maximum absolute atomic E-state index is 12.2. The molecule has 1 amide bonds. The van der Waals surface area contributed by atoms with Crippen LogP contribution in [0.25, 0.3) is 5.65 Å². The third-order valence-electron chi connectivity index (χ3n) is 4.59. The summed E-state index contributed by atoms with van der Waals surface area (Å²) in [5, 5.41) is 7.04. The Hall–Kier alpha value is -2.93. The van der Waals surface area contributed by atoms with E-state index < -0.39 is 0 Å². The Morgan fingerprint density at radius 1 is 1.15 bits per heavy atom. The van der Waals surface area contributed by atoms with Crippen LogP contribution in [0.2, 0.25) is 0 Å². The summed E-state index contributed by atoms with van der Waals surface area (Å²) in [5.41, 5.74) is 8.72. The first-order valence-corrected chi connectivity index (χ1v) is 9.12. The number of fused-ring (bicyclic) bond motifs is 1. The summed E-state index contributed by atoms with van der Waals surface area (Å²) in [6.07, 6.45) is 1.83. The zero-order valence-corrected chi connectivity index (χ0v) is 15.6. The highest BCUT2D eigenvalue weighted by Crippen LogP contribution is 2.17. The fraction of sp³-hybridized carbons (Fsp3) is 0.350. The Labute approximate surface area is 157 Å².